The van der Waals surface area contributed by atoms with Crippen molar-refractivity contribution in [1.29, 1.82) is 0 Å². The van der Waals surface area contributed by atoms with E-state index in [0.717, 1.165) is 68.8 Å². The molecule has 4 rings (SSSR count). The molecule has 0 saturated heterocycles. The largest absolute Gasteiger partial charge is 0.416 e. The van der Waals surface area contributed by atoms with Crippen LogP contribution in [0.4, 0.5) is 24.8 Å². The fourth-order valence-electron chi connectivity index (χ4n) is 4.54. The maximum absolute atomic E-state index is 12.9. The van der Waals surface area contributed by atoms with Gasteiger partial charge < -0.3 is 10.6 Å². The fourth-order valence-corrected chi connectivity index (χ4v) is 8.56. The van der Waals surface area contributed by atoms with Gasteiger partial charge in [-0.3, -0.25) is 9.59 Å². The summed E-state index contributed by atoms with van der Waals surface area (Å²) >= 11 is 0. The van der Waals surface area contributed by atoms with Crippen molar-refractivity contribution in [3.8, 4) is 0 Å². The van der Waals surface area contributed by atoms with Gasteiger partial charge in [0.05, 0.1) is 25.1 Å². The zero-order valence-corrected chi connectivity index (χ0v) is 34.3. The number of aryl methyl sites for hydroxylation is 1. The van der Waals surface area contributed by atoms with Gasteiger partial charge in [-0.05, 0) is 112 Å². The van der Waals surface area contributed by atoms with Gasteiger partial charge in [-0.2, -0.15) is 13.2 Å². The second-order valence-corrected chi connectivity index (χ2v) is 22.3. The first-order valence-corrected chi connectivity index (χ1v) is 22.9. The molecule has 14 nitrogen and oxygen atoms in total. The average molecular weight is 861 g/mol. The van der Waals surface area contributed by atoms with E-state index < -0.39 is 78.2 Å². The lowest BCUT2D eigenvalue weighted by molar-refractivity contribution is -0.137. The van der Waals surface area contributed by atoms with Crippen LogP contribution in [0.2, 0.25) is 0 Å². The molecule has 304 valence electrons. The van der Waals surface area contributed by atoms with Gasteiger partial charge in [0, 0.05) is 24.9 Å². The standard InChI is InChI=1S/C18H22N2O5S2.C17H17F3N2O5S2/c1-5-13-10-11-19-16(12-13)20-17(21)18(2,3)27(24,25)15-8-6-14(7-9-15)26(4,22)23;1-16(2,15(23)22-14-10-11(8-9-21-14)17(18,19)20)29(26,27)13-6-4-12(5-7-13)28(3,24)25/h6-12H,5H2,1-4H3,(H,19,20,21);4-10H,1-3H3,(H,21,22,23). The summed E-state index contributed by atoms with van der Waals surface area (Å²) in [6.45, 7) is 6.71. The molecular weight excluding hydrogens is 822 g/mol. The minimum absolute atomic E-state index is 0.00397. The summed E-state index contributed by atoms with van der Waals surface area (Å²) in [4.78, 5) is 32.3. The minimum atomic E-state index is -4.66. The Morgan fingerprint density at radius 2 is 0.911 bits per heavy atom. The number of aromatic nitrogens is 2. The topological polar surface area (TPSA) is 221 Å². The van der Waals surface area contributed by atoms with Crippen molar-refractivity contribution >= 4 is 62.8 Å². The smallest absolute Gasteiger partial charge is 0.309 e. The van der Waals surface area contributed by atoms with E-state index in [1.54, 1.807) is 18.3 Å². The highest BCUT2D eigenvalue weighted by molar-refractivity contribution is 7.94. The molecule has 0 bridgehead atoms. The average Bonchev–Trinajstić information content (AvgIpc) is 3.11. The lowest BCUT2D eigenvalue weighted by Crippen LogP contribution is -2.44. The molecule has 2 aromatic carbocycles. The van der Waals surface area contributed by atoms with Crippen molar-refractivity contribution in [3.63, 3.8) is 0 Å². The first-order valence-electron chi connectivity index (χ1n) is 16.2. The number of halogens is 3. The Morgan fingerprint density at radius 3 is 1.25 bits per heavy atom. The van der Waals surface area contributed by atoms with Gasteiger partial charge in [0.2, 0.25) is 11.8 Å². The van der Waals surface area contributed by atoms with Crippen molar-refractivity contribution in [3.05, 3.63) is 96.3 Å². The van der Waals surface area contributed by atoms with Crippen LogP contribution in [-0.4, -0.2) is 77.5 Å². The Bertz CT molecular complexity index is 2560. The van der Waals surface area contributed by atoms with Crippen LogP contribution in [0.5, 0.6) is 0 Å². The molecule has 0 aliphatic heterocycles. The molecular formula is C35H39F3N4O10S4. The maximum Gasteiger partial charge on any atom is 0.416 e. The Kier molecular flexibility index (Phi) is 13.4. The number of nitrogens with one attached hydrogen (secondary N) is 2. The van der Waals surface area contributed by atoms with Crippen molar-refractivity contribution in [2.45, 2.75) is 76.3 Å². The Labute approximate surface area is 323 Å². The molecule has 0 aliphatic carbocycles. The van der Waals surface area contributed by atoms with Crippen LogP contribution in [-0.2, 0) is 61.5 Å². The fraction of sp³-hybridized carbons (Fsp3) is 0.314. The molecule has 0 fully saturated rings. The SMILES string of the molecule is CC(C)(C(=O)Nc1cc(C(F)(F)F)ccn1)S(=O)(=O)c1ccc(S(C)(=O)=O)cc1.CCc1ccnc(NC(=O)C(C)(C)S(=O)(=O)c2ccc(S(C)(=O)=O)cc2)c1. The molecule has 56 heavy (non-hydrogen) atoms. The van der Waals surface area contributed by atoms with E-state index in [9.17, 15) is 56.4 Å². The Morgan fingerprint density at radius 1 is 0.571 bits per heavy atom. The van der Waals surface area contributed by atoms with Crippen LogP contribution in [0.25, 0.3) is 0 Å². The lowest BCUT2D eigenvalue weighted by Gasteiger charge is -2.24. The maximum atomic E-state index is 12.9. The molecule has 0 unspecified atom stereocenters. The molecule has 0 saturated carbocycles. The van der Waals surface area contributed by atoms with Crippen LogP contribution < -0.4 is 10.6 Å². The number of alkyl halides is 3. The summed E-state index contributed by atoms with van der Waals surface area (Å²) in [6.07, 6.45) is 0.454. The number of carbonyl (C=O) groups excluding carboxylic acids is 2. The molecule has 2 heterocycles. The predicted molar refractivity (Wildman–Crippen MR) is 202 cm³/mol. The van der Waals surface area contributed by atoms with E-state index in [-0.39, 0.29) is 25.4 Å². The van der Waals surface area contributed by atoms with Gasteiger partial charge in [0.25, 0.3) is 0 Å². The predicted octanol–water partition coefficient (Wildman–Crippen LogP) is 4.93. The molecule has 0 spiro atoms. The van der Waals surface area contributed by atoms with Crippen LogP contribution in [0.3, 0.4) is 0 Å². The van der Waals surface area contributed by atoms with E-state index in [1.807, 2.05) is 6.92 Å². The van der Waals surface area contributed by atoms with Crippen molar-refractivity contribution in [2.75, 3.05) is 23.1 Å². The number of sulfone groups is 4. The van der Waals surface area contributed by atoms with E-state index in [1.165, 1.54) is 38.1 Å². The summed E-state index contributed by atoms with van der Waals surface area (Å²) in [7, 11) is -15.4. The number of hydrogen-bond donors (Lipinski definition) is 2. The summed E-state index contributed by atoms with van der Waals surface area (Å²) in [5.74, 6) is -2.01. The second kappa shape index (κ2) is 16.4. The highest BCUT2D eigenvalue weighted by Crippen LogP contribution is 2.32. The van der Waals surface area contributed by atoms with E-state index in [0.29, 0.717) is 12.1 Å². The molecule has 0 atom stereocenters. The van der Waals surface area contributed by atoms with Crippen molar-refractivity contribution in [2.24, 2.45) is 0 Å². The van der Waals surface area contributed by atoms with E-state index >= 15 is 0 Å². The third-order valence-corrected chi connectivity index (χ3v) is 15.5. The van der Waals surface area contributed by atoms with Crippen LogP contribution in [0.15, 0.2) is 105 Å². The van der Waals surface area contributed by atoms with E-state index in [4.69, 9.17) is 0 Å². The number of benzene rings is 2. The summed E-state index contributed by atoms with van der Waals surface area (Å²) in [5.41, 5.74) is -0.0999. The Balaban J connectivity index is 0.000000301. The van der Waals surface area contributed by atoms with Gasteiger partial charge >= 0.3 is 6.18 Å². The van der Waals surface area contributed by atoms with Gasteiger partial charge in [0.15, 0.2) is 39.3 Å². The molecule has 0 radical (unpaired) electrons. The van der Waals surface area contributed by atoms with Gasteiger partial charge in [-0.25, -0.2) is 43.6 Å². The molecule has 0 aliphatic rings. The number of carbonyl (C=O) groups is 2. The number of hydrogen-bond acceptors (Lipinski definition) is 12. The number of pyridine rings is 2. The quantitative estimate of drug-likeness (QED) is 0.205. The normalized spacial score (nSPS) is 12.9. The summed E-state index contributed by atoms with van der Waals surface area (Å²) in [6, 6.07) is 13.9. The van der Waals surface area contributed by atoms with Gasteiger partial charge in [0.1, 0.15) is 21.1 Å². The third kappa shape index (κ3) is 10.4. The highest BCUT2D eigenvalue weighted by atomic mass is 32.2. The lowest BCUT2D eigenvalue weighted by atomic mass is 10.2. The number of amides is 2. The van der Waals surface area contributed by atoms with Gasteiger partial charge in [-0.1, -0.05) is 6.92 Å². The highest BCUT2D eigenvalue weighted by Gasteiger charge is 2.44. The number of rotatable bonds is 11. The first kappa shape index (κ1) is 45.7. The minimum Gasteiger partial charge on any atom is -0.309 e. The van der Waals surface area contributed by atoms with E-state index in [2.05, 4.69) is 20.6 Å². The first-order chi connectivity index (χ1) is 25.5. The number of anilines is 2. The monoisotopic (exact) mass is 860 g/mol. The third-order valence-electron chi connectivity index (χ3n) is 8.36. The van der Waals surface area contributed by atoms with Crippen molar-refractivity contribution in [1.82, 2.24) is 9.97 Å². The number of nitrogens with zero attached hydrogens (tertiary/aromatic N) is 2. The molecule has 21 heteroatoms. The van der Waals surface area contributed by atoms with Gasteiger partial charge in [-0.15, -0.1) is 0 Å². The second-order valence-electron chi connectivity index (χ2n) is 13.3. The molecule has 2 aromatic heterocycles. The molecule has 2 N–H and O–H groups in total. The molecule has 4 aromatic rings. The zero-order chi connectivity index (χ0) is 42.7. The van der Waals surface area contributed by atoms with Crippen LogP contribution >= 0.6 is 0 Å². The van der Waals surface area contributed by atoms with Crippen LogP contribution in [0.1, 0.15) is 45.7 Å². The summed E-state index contributed by atoms with van der Waals surface area (Å²) < 4.78 is 132. The van der Waals surface area contributed by atoms with Crippen LogP contribution in [0, 0.1) is 0 Å². The van der Waals surface area contributed by atoms with Crippen molar-refractivity contribution < 1.29 is 56.4 Å². The zero-order valence-electron chi connectivity index (χ0n) is 31.0. The summed E-state index contributed by atoms with van der Waals surface area (Å²) in [5, 5.41) is 4.62. The Hall–Kier alpha value is -4.73. The molecule has 2 amide bonds.